The van der Waals surface area contributed by atoms with Crippen molar-refractivity contribution in [2.75, 3.05) is 11.1 Å². The second kappa shape index (κ2) is 4.66. The van der Waals surface area contributed by atoms with E-state index in [1.54, 1.807) is 12.1 Å². The summed E-state index contributed by atoms with van der Waals surface area (Å²) in [6, 6.07) is 5.84. The first-order chi connectivity index (χ1) is 9.10. The van der Waals surface area contributed by atoms with Crippen LogP contribution in [0.4, 0.5) is 21.7 Å². The second-order valence-electron chi connectivity index (χ2n) is 4.59. The van der Waals surface area contributed by atoms with E-state index in [2.05, 4.69) is 15.3 Å². The lowest BCUT2D eigenvalue weighted by atomic mass is 10.3. The van der Waals surface area contributed by atoms with E-state index in [1.807, 2.05) is 0 Å². The van der Waals surface area contributed by atoms with Crippen molar-refractivity contribution in [2.45, 2.75) is 18.8 Å². The molecule has 3 rings (SSSR count). The zero-order chi connectivity index (χ0) is 13.4. The number of nitrogens with two attached hydrogens (primary N) is 1. The number of aromatic nitrogens is 2. The van der Waals surface area contributed by atoms with Gasteiger partial charge in [0.15, 0.2) is 0 Å². The van der Waals surface area contributed by atoms with E-state index < -0.39 is 5.82 Å². The Labute approximate surface area is 114 Å². The van der Waals surface area contributed by atoms with Gasteiger partial charge in [-0.05, 0) is 31.0 Å². The number of nitrogens with zero attached hydrogens (tertiary/aromatic N) is 2. The van der Waals surface area contributed by atoms with Crippen LogP contribution in [0.1, 0.15) is 24.6 Å². The zero-order valence-corrected chi connectivity index (χ0v) is 10.8. The molecule has 0 saturated heterocycles. The Morgan fingerprint density at radius 2 is 2.00 bits per heavy atom. The third-order valence-corrected chi connectivity index (χ3v) is 3.06. The molecule has 0 aliphatic heterocycles. The van der Waals surface area contributed by atoms with Crippen LogP contribution in [0.2, 0.25) is 5.02 Å². The molecule has 1 heterocycles. The van der Waals surface area contributed by atoms with Gasteiger partial charge in [0.05, 0.1) is 0 Å². The van der Waals surface area contributed by atoms with Crippen LogP contribution in [-0.4, -0.2) is 9.97 Å². The molecule has 0 spiro atoms. The van der Waals surface area contributed by atoms with E-state index in [0.717, 1.165) is 18.7 Å². The molecule has 0 amide bonds. The summed E-state index contributed by atoms with van der Waals surface area (Å²) in [5.74, 6) is 1.70. The number of hydrogen-bond donors (Lipinski definition) is 2. The maximum Gasteiger partial charge on any atom is 0.136 e. The van der Waals surface area contributed by atoms with Gasteiger partial charge in [-0.2, -0.15) is 0 Å². The minimum atomic E-state index is -0.403. The van der Waals surface area contributed by atoms with Crippen LogP contribution >= 0.6 is 11.6 Å². The molecular formula is C13H12ClFN4. The van der Waals surface area contributed by atoms with Crippen molar-refractivity contribution in [1.82, 2.24) is 9.97 Å². The fourth-order valence-electron chi connectivity index (χ4n) is 1.85. The van der Waals surface area contributed by atoms with Crippen LogP contribution in [0.3, 0.4) is 0 Å². The van der Waals surface area contributed by atoms with Crippen molar-refractivity contribution in [2.24, 2.45) is 0 Å². The zero-order valence-electron chi connectivity index (χ0n) is 10.0. The van der Waals surface area contributed by atoms with E-state index >= 15 is 0 Å². The van der Waals surface area contributed by atoms with Crippen molar-refractivity contribution in [1.29, 1.82) is 0 Å². The van der Waals surface area contributed by atoms with E-state index in [-0.39, 0.29) is 0 Å². The summed E-state index contributed by atoms with van der Waals surface area (Å²) in [4.78, 5) is 8.58. The van der Waals surface area contributed by atoms with Crippen LogP contribution in [0, 0.1) is 5.82 Å². The maximum absolute atomic E-state index is 13.2. The number of hydrogen-bond acceptors (Lipinski definition) is 4. The predicted octanol–water partition coefficient (Wildman–Crippen LogP) is 3.47. The van der Waals surface area contributed by atoms with Crippen molar-refractivity contribution in [3.63, 3.8) is 0 Å². The summed E-state index contributed by atoms with van der Waals surface area (Å²) in [5, 5.41) is 3.32. The van der Waals surface area contributed by atoms with Gasteiger partial charge in [-0.15, -0.1) is 0 Å². The van der Waals surface area contributed by atoms with Gasteiger partial charge < -0.3 is 11.1 Å². The standard InChI is InChI=1S/C13H12ClFN4/c14-8-3-9(15)5-10(4-8)17-12-6-11(16)18-13(19-12)7-1-2-7/h3-7H,1-2H2,(H3,16,17,18,19). The largest absolute Gasteiger partial charge is 0.384 e. The lowest BCUT2D eigenvalue weighted by Crippen LogP contribution is -2.02. The van der Waals surface area contributed by atoms with Crippen LogP contribution in [-0.2, 0) is 0 Å². The maximum atomic E-state index is 13.2. The molecule has 4 nitrogen and oxygen atoms in total. The molecular weight excluding hydrogens is 267 g/mol. The minimum absolute atomic E-state index is 0.326. The van der Waals surface area contributed by atoms with Gasteiger partial charge >= 0.3 is 0 Å². The molecule has 0 radical (unpaired) electrons. The van der Waals surface area contributed by atoms with Gasteiger partial charge in [0.2, 0.25) is 0 Å². The molecule has 6 heteroatoms. The molecule has 1 aromatic carbocycles. The Bertz CT molecular complexity index is 608. The summed E-state index contributed by atoms with van der Waals surface area (Å²) in [5.41, 5.74) is 6.28. The summed E-state index contributed by atoms with van der Waals surface area (Å²) >= 11 is 5.80. The molecule has 98 valence electrons. The molecule has 2 aromatic rings. The number of nitrogens with one attached hydrogen (secondary N) is 1. The molecule has 0 unspecified atom stereocenters. The van der Waals surface area contributed by atoms with E-state index in [9.17, 15) is 4.39 Å². The van der Waals surface area contributed by atoms with Gasteiger partial charge in [-0.1, -0.05) is 11.6 Å². The average molecular weight is 279 g/mol. The lowest BCUT2D eigenvalue weighted by Gasteiger charge is -2.08. The summed E-state index contributed by atoms with van der Waals surface area (Å²) < 4.78 is 13.2. The molecule has 19 heavy (non-hydrogen) atoms. The molecule has 1 aliphatic carbocycles. The number of anilines is 3. The summed E-state index contributed by atoms with van der Waals surface area (Å²) in [6.45, 7) is 0. The molecule has 0 atom stereocenters. The molecule has 3 N–H and O–H groups in total. The van der Waals surface area contributed by atoms with Crippen LogP contribution in [0.15, 0.2) is 24.3 Å². The van der Waals surface area contributed by atoms with Gasteiger partial charge in [-0.25, -0.2) is 14.4 Å². The Balaban J connectivity index is 1.89. The highest BCUT2D eigenvalue weighted by Gasteiger charge is 2.27. The number of halogens is 2. The first-order valence-corrected chi connectivity index (χ1v) is 6.35. The molecule has 0 bridgehead atoms. The van der Waals surface area contributed by atoms with Gasteiger partial charge in [-0.3, -0.25) is 0 Å². The lowest BCUT2D eigenvalue weighted by molar-refractivity contribution is 0.628. The fraction of sp³-hybridized carbons (Fsp3) is 0.231. The topological polar surface area (TPSA) is 63.8 Å². The molecule has 1 aliphatic rings. The Kier molecular flexibility index (Phi) is 2.98. The Morgan fingerprint density at radius 1 is 1.21 bits per heavy atom. The fourth-order valence-corrected chi connectivity index (χ4v) is 2.07. The Morgan fingerprint density at radius 3 is 2.68 bits per heavy atom. The Hall–Kier alpha value is -1.88. The number of nitrogen functional groups attached to an aromatic ring is 1. The van der Waals surface area contributed by atoms with E-state index in [4.69, 9.17) is 17.3 Å². The van der Waals surface area contributed by atoms with Crippen molar-refractivity contribution < 1.29 is 4.39 Å². The van der Waals surface area contributed by atoms with Crippen molar-refractivity contribution in [3.05, 3.63) is 40.9 Å². The molecule has 1 fully saturated rings. The van der Waals surface area contributed by atoms with Crippen molar-refractivity contribution >= 4 is 28.9 Å². The van der Waals surface area contributed by atoms with E-state index in [0.29, 0.717) is 28.3 Å². The smallest absolute Gasteiger partial charge is 0.136 e. The first kappa shape index (κ1) is 12.2. The van der Waals surface area contributed by atoms with Gasteiger partial charge in [0, 0.05) is 22.7 Å². The first-order valence-electron chi connectivity index (χ1n) is 5.98. The summed E-state index contributed by atoms with van der Waals surface area (Å²) in [7, 11) is 0. The van der Waals surface area contributed by atoms with E-state index in [1.165, 1.54) is 12.1 Å². The number of benzene rings is 1. The highest BCUT2D eigenvalue weighted by molar-refractivity contribution is 6.30. The SMILES string of the molecule is Nc1cc(Nc2cc(F)cc(Cl)c2)nc(C2CC2)n1. The van der Waals surface area contributed by atoms with Crippen LogP contribution in [0.5, 0.6) is 0 Å². The van der Waals surface area contributed by atoms with Crippen molar-refractivity contribution in [3.8, 4) is 0 Å². The van der Waals surface area contributed by atoms with Gasteiger partial charge in [0.1, 0.15) is 23.3 Å². The molecule has 1 saturated carbocycles. The highest BCUT2D eigenvalue weighted by Crippen LogP contribution is 2.38. The van der Waals surface area contributed by atoms with Crippen LogP contribution in [0.25, 0.3) is 0 Å². The minimum Gasteiger partial charge on any atom is -0.384 e. The highest BCUT2D eigenvalue weighted by atomic mass is 35.5. The quantitative estimate of drug-likeness (QED) is 0.902. The third-order valence-electron chi connectivity index (χ3n) is 2.84. The average Bonchev–Trinajstić information content (AvgIpc) is 3.09. The van der Waals surface area contributed by atoms with Crippen LogP contribution < -0.4 is 11.1 Å². The monoisotopic (exact) mass is 278 g/mol. The number of rotatable bonds is 3. The molecule has 1 aromatic heterocycles. The predicted molar refractivity (Wildman–Crippen MR) is 73.1 cm³/mol. The third kappa shape index (κ3) is 2.93. The van der Waals surface area contributed by atoms with Gasteiger partial charge in [0.25, 0.3) is 0 Å². The summed E-state index contributed by atoms with van der Waals surface area (Å²) in [6.07, 6.45) is 2.18. The normalized spacial score (nSPS) is 14.4. The second-order valence-corrected chi connectivity index (χ2v) is 5.03.